The molecular formula is C16H21NO3S. The van der Waals surface area contributed by atoms with Gasteiger partial charge in [0, 0.05) is 19.5 Å². The number of hydrogen-bond acceptors (Lipinski definition) is 3. The highest BCUT2D eigenvalue weighted by atomic mass is 32.2. The molecule has 0 unspecified atom stereocenters. The summed E-state index contributed by atoms with van der Waals surface area (Å²) in [5, 5.41) is 0. The summed E-state index contributed by atoms with van der Waals surface area (Å²) in [6, 6.07) is 10.6. The van der Waals surface area contributed by atoms with E-state index in [4.69, 9.17) is 4.42 Å². The molecule has 0 saturated carbocycles. The van der Waals surface area contributed by atoms with Gasteiger partial charge in [0.25, 0.3) is 0 Å². The fraction of sp³-hybridized carbons (Fsp3) is 0.375. The molecule has 1 atom stereocenters. The smallest absolute Gasteiger partial charge is 0.243 e. The number of hydrogen-bond donors (Lipinski definition) is 0. The maximum absolute atomic E-state index is 12.5. The fourth-order valence-electron chi connectivity index (χ4n) is 2.10. The predicted octanol–water partition coefficient (Wildman–Crippen LogP) is 3.23. The molecule has 2 aromatic rings. The minimum atomic E-state index is -3.44. The Labute approximate surface area is 126 Å². The van der Waals surface area contributed by atoms with Crippen LogP contribution in [0.3, 0.4) is 0 Å². The standard InChI is InChI=1S/C16H21NO3S/c1-13-6-10-16(11-7-13)21(18,19)17(3)14(2)8-9-15-5-4-12-20-15/h4-7,10-12,14H,8-9H2,1-3H3/t14-/m1/s1. The second kappa shape index (κ2) is 6.45. The van der Waals surface area contributed by atoms with Crippen LogP contribution in [0.2, 0.25) is 0 Å². The monoisotopic (exact) mass is 307 g/mol. The van der Waals surface area contributed by atoms with Crippen molar-refractivity contribution in [3.05, 3.63) is 54.0 Å². The van der Waals surface area contributed by atoms with Crippen LogP contribution in [0.5, 0.6) is 0 Å². The highest BCUT2D eigenvalue weighted by molar-refractivity contribution is 7.89. The Hall–Kier alpha value is -1.59. The molecule has 5 heteroatoms. The molecule has 21 heavy (non-hydrogen) atoms. The summed E-state index contributed by atoms with van der Waals surface area (Å²) < 4.78 is 31.8. The molecule has 0 spiro atoms. The maximum Gasteiger partial charge on any atom is 0.243 e. The zero-order valence-corrected chi connectivity index (χ0v) is 13.4. The molecule has 2 rings (SSSR count). The van der Waals surface area contributed by atoms with Gasteiger partial charge in [0.2, 0.25) is 10.0 Å². The van der Waals surface area contributed by atoms with E-state index >= 15 is 0 Å². The second-order valence-electron chi connectivity index (χ2n) is 5.30. The van der Waals surface area contributed by atoms with Gasteiger partial charge in [0.05, 0.1) is 11.2 Å². The van der Waals surface area contributed by atoms with Gasteiger partial charge in [-0.3, -0.25) is 0 Å². The number of benzene rings is 1. The first-order valence-corrected chi connectivity index (χ1v) is 8.42. The summed E-state index contributed by atoms with van der Waals surface area (Å²) in [7, 11) is -1.82. The van der Waals surface area contributed by atoms with Crippen LogP contribution in [-0.2, 0) is 16.4 Å². The summed E-state index contributed by atoms with van der Waals surface area (Å²) in [5.41, 5.74) is 1.04. The molecule has 114 valence electrons. The fourth-order valence-corrected chi connectivity index (χ4v) is 3.49. The lowest BCUT2D eigenvalue weighted by Gasteiger charge is -2.24. The largest absolute Gasteiger partial charge is 0.469 e. The van der Waals surface area contributed by atoms with Crippen molar-refractivity contribution >= 4 is 10.0 Å². The third-order valence-corrected chi connectivity index (χ3v) is 5.69. The Morgan fingerprint density at radius 1 is 1.19 bits per heavy atom. The third-order valence-electron chi connectivity index (χ3n) is 3.71. The van der Waals surface area contributed by atoms with Gasteiger partial charge in [0.15, 0.2) is 0 Å². The van der Waals surface area contributed by atoms with Crippen molar-refractivity contribution in [3.8, 4) is 0 Å². The Bertz CT molecular complexity index is 660. The minimum Gasteiger partial charge on any atom is -0.469 e. The third kappa shape index (κ3) is 3.74. The summed E-state index contributed by atoms with van der Waals surface area (Å²) in [4.78, 5) is 0.334. The van der Waals surface area contributed by atoms with Crippen molar-refractivity contribution in [2.75, 3.05) is 7.05 Å². The molecule has 0 saturated heterocycles. The van der Waals surface area contributed by atoms with Crippen LogP contribution in [0.1, 0.15) is 24.7 Å². The predicted molar refractivity (Wildman–Crippen MR) is 82.6 cm³/mol. The maximum atomic E-state index is 12.5. The Morgan fingerprint density at radius 3 is 2.43 bits per heavy atom. The van der Waals surface area contributed by atoms with E-state index in [-0.39, 0.29) is 6.04 Å². The lowest BCUT2D eigenvalue weighted by atomic mass is 10.1. The molecule has 1 aromatic carbocycles. The highest BCUT2D eigenvalue weighted by Crippen LogP contribution is 2.19. The first kappa shape index (κ1) is 15.8. The molecule has 0 radical (unpaired) electrons. The number of rotatable bonds is 6. The van der Waals surface area contributed by atoms with E-state index in [9.17, 15) is 8.42 Å². The van der Waals surface area contributed by atoms with E-state index in [2.05, 4.69) is 0 Å². The van der Waals surface area contributed by atoms with Crippen molar-refractivity contribution in [1.82, 2.24) is 4.31 Å². The van der Waals surface area contributed by atoms with Gasteiger partial charge >= 0.3 is 0 Å². The highest BCUT2D eigenvalue weighted by Gasteiger charge is 2.25. The SMILES string of the molecule is Cc1ccc(S(=O)(=O)N(C)[C@H](C)CCc2ccco2)cc1. The molecule has 0 aliphatic rings. The van der Waals surface area contributed by atoms with Crippen LogP contribution in [0, 0.1) is 6.92 Å². The molecule has 0 aliphatic heterocycles. The lowest BCUT2D eigenvalue weighted by Crippen LogP contribution is -2.35. The van der Waals surface area contributed by atoms with E-state index in [1.54, 1.807) is 25.4 Å². The molecule has 0 fully saturated rings. The van der Waals surface area contributed by atoms with Gasteiger partial charge in [-0.2, -0.15) is 4.31 Å². The number of sulfonamides is 1. The van der Waals surface area contributed by atoms with Crippen LogP contribution in [0.4, 0.5) is 0 Å². The average molecular weight is 307 g/mol. The van der Waals surface area contributed by atoms with E-state index in [1.165, 1.54) is 4.31 Å². The van der Waals surface area contributed by atoms with Gasteiger partial charge in [-0.05, 0) is 44.5 Å². The molecule has 0 aliphatic carbocycles. The molecule has 1 heterocycles. The average Bonchev–Trinajstić information content (AvgIpc) is 2.97. The summed E-state index contributed by atoms with van der Waals surface area (Å²) in [6.07, 6.45) is 3.07. The van der Waals surface area contributed by atoms with Crippen molar-refractivity contribution < 1.29 is 12.8 Å². The van der Waals surface area contributed by atoms with Crippen LogP contribution in [0.25, 0.3) is 0 Å². The van der Waals surface area contributed by atoms with Crippen molar-refractivity contribution in [3.63, 3.8) is 0 Å². The molecule has 0 N–H and O–H groups in total. The first-order chi connectivity index (χ1) is 9.91. The Morgan fingerprint density at radius 2 is 1.86 bits per heavy atom. The van der Waals surface area contributed by atoms with Crippen LogP contribution < -0.4 is 0 Å². The van der Waals surface area contributed by atoms with Gasteiger partial charge in [0.1, 0.15) is 5.76 Å². The molecule has 4 nitrogen and oxygen atoms in total. The zero-order valence-electron chi connectivity index (χ0n) is 12.6. The van der Waals surface area contributed by atoms with Gasteiger partial charge in [-0.25, -0.2) is 8.42 Å². The Balaban J connectivity index is 2.06. The van der Waals surface area contributed by atoms with Crippen molar-refractivity contribution in [2.45, 2.75) is 37.6 Å². The molecule has 0 bridgehead atoms. The van der Waals surface area contributed by atoms with Gasteiger partial charge < -0.3 is 4.42 Å². The topological polar surface area (TPSA) is 50.5 Å². The second-order valence-corrected chi connectivity index (χ2v) is 7.30. The normalized spacial score (nSPS) is 13.5. The van der Waals surface area contributed by atoms with E-state index < -0.39 is 10.0 Å². The number of furan rings is 1. The minimum absolute atomic E-state index is 0.0959. The van der Waals surface area contributed by atoms with E-state index in [0.29, 0.717) is 4.90 Å². The van der Waals surface area contributed by atoms with Crippen LogP contribution >= 0.6 is 0 Å². The first-order valence-electron chi connectivity index (χ1n) is 6.98. The summed E-state index contributed by atoms with van der Waals surface area (Å²) in [5.74, 6) is 0.878. The molecule has 1 aromatic heterocycles. The van der Waals surface area contributed by atoms with Crippen LogP contribution in [0.15, 0.2) is 52.0 Å². The van der Waals surface area contributed by atoms with Gasteiger partial charge in [-0.15, -0.1) is 0 Å². The van der Waals surface area contributed by atoms with E-state index in [1.807, 2.05) is 38.1 Å². The molecule has 0 amide bonds. The lowest BCUT2D eigenvalue weighted by molar-refractivity contribution is 0.361. The number of nitrogens with zero attached hydrogens (tertiary/aromatic N) is 1. The number of aryl methyl sites for hydroxylation is 2. The van der Waals surface area contributed by atoms with Crippen molar-refractivity contribution in [1.29, 1.82) is 0 Å². The van der Waals surface area contributed by atoms with Gasteiger partial charge in [-0.1, -0.05) is 17.7 Å². The van der Waals surface area contributed by atoms with Crippen LogP contribution in [-0.4, -0.2) is 25.8 Å². The molecular weight excluding hydrogens is 286 g/mol. The summed E-state index contributed by atoms with van der Waals surface area (Å²) in [6.45, 7) is 3.85. The Kier molecular flexibility index (Phi) is 4.85. The zero-order chi connectivity index (χ0) is 15.5. The summed E-state index contributed by atoms with van der Waals surface area (Å²) >= 11 is 0. The van der Waals surface area contributed by atoms with Crippen molar-refractivity contribution in [2.24, 2.45) is 0 Å². The quantitative estimate of drug-likeness (QED) is 0.823. The van der Waals surface area contributed by atoms with E-state index in [0.717, 1.165) is 24.2 Å².